The molecule has 0 aliphatic heterocycles. The maximum Gasteiger partial charge on any atom is 0.416 e. The Morgan fingerprint density at radius 1 is 1.06 bits per heavy atom. The van der Waals surface area contributed by atoms with Gasteiger partial charge in [-0.05, 0) is 48.7 Å². The van der Waals surface area contributed by atoms with E-state index in [1.54, 1.807) is 0 Å². The molecule has 4 aromatic rings. The summed E-state index contributed by atoms with van der Waals surface area (Å²) in [6.45, 7) is 3.93. The third-order valence-electron chi connectivity index (χ3n) is 5.61. The molecular weight excluding hydrogens is 423 g/mol. The second kappa shape index (κ2) is 8.00. The summed E-state index contributed by atoms with van der Waals surface area (Å²) >= 11 is 6.84. The number of rotatable bonds is 4. The maximum atomic E-state index is 12.9. The molecule has 0 bridgehead atoms. The van der Waals surface area contributed by atoms with E-state index in [4.69, 9.17) is 16.6 Å². The number of aryl methyl sites for hydroxylation is 2. The van der Waals surface area contributed by atoms with Crippen LogP contribution in [0, 0.1) is 6.92 Å². The van der Waals surface area contributed by atoms with Gasteiger partial charge in [-0.1, -0.05) is 36.7 Å². The fourth-order valence-corrected chi connectivity index (χ4v) is 4.06. The van der Waals surface area contributed by atoms with Crippen LogP contribution >= 0.6 is 11.6 Å². The molecule has 160 valence electrons. The number of fused-ring (bicyclic) bond motifs is 1. The predicted octanol–water partition coefficient (Wildman–Crippen LogP) is 6.77. The average Bonchev–Trinajstić information content (AvgIpc) is 3.08. The van der Waals surface area contributed by atoms with Crippen LogP contribution in [0.15, 0.2) is 48.7 Å². The Hall–Kier alpha value is -2.86. The largest absolute Gasteiger partial charge is 0.416 e. The van der Waals surface area contributed by atoms with Crippen molar-refractivity contribution in [3.8, 4) is 11.3 Å². The van der Waals surface area contributed by atoms with E-state index in [0.717, 1.165) is 56.9 Å². The SMILES string of the molecule is CCc1nc2ccc(-c3cnc(C)n3C)cc2c(Cl)c1Cc1ccc(C(F)(F)F)cc1. The number of alkyl halides is 3. The molecule has 2 aromatic carbocycles. The lowest BCUT2D eigenvalue weighted by Crippen LogP contribution is -2.05. The van der Waals surface area contributed by atoms with Gasteiger partial charge in [0, 0.05) is 30.1 Å². The minimum Gasteiger partial charge on any atom is -0.331 e. The average molecular weight is 444 g/mol. The Labute approximate surface area is 183 Å². The predicted molar refractivity (Wildman–Crippen MR) is 117 cm³/mol. The Kier molecular flexibility index (Phi) is 5.52. The van der Waals surface area contributed by atoms with E-state index in [0.29, 0.717) is 17.9 Å². The first-order chi connectivity index (χ1) is 14.7. The standard InChI is InChI=1S/C24H21ClF3N3/c1-4-20-18(11-15-5-8-17(9-6-15)24(26,27)28)23(25)19-12-16(7-10-21(19)30-20)22-13-29-14(2)31(22)3/h5-10,12-13H,4,11H2,1-3H3. The quantitative estimate of drug-likeness (QED) is 0.348. The number of nitrogens with zero attached hydrogens (tertiary/aromatic N) is 3. The lowest BCUT2D eigenvalue weighted by molar-refractivity contribution is -0.137. The van der Waals surface area contributed by atoms with Gasteiger partial charge in [-0.3, -0.25) is 4.98 Å². The Balaban J connectivity index is 1.79. The summed E-state index contributed by atoms with van der Waals surface area (Å²) in [6.07, 6.45) is -1.44. The summed E-state index contributed by atoms with van der Waals surface area (Å²) in [5, 5.41) is 1.40. The normalized spacial score (nSPS) is 12.0. The first kappa shape index (κ1) is 21.4. The molecule has 0 N–H and O–H groups in total. The summed E-state index contributed by atoms with van der Waals surface area (Å²) in [6, 6.07) is 11.1. The van der Waals surface area contributed by atoms with E-state index in [1.165, 1.54) is 12.1 Å². The van der Waals surface area contributed by atoms with E-state index < -0.39 is 11.7 Å². The molecule has 0 aliphatic carbocycles. The zero-order valence-electron chi connectivity index (χ0n) is 17.4. The van der Waals surface area contributed by atoms with Crippen molar-refractivity contribution in [1.82, 2.24) is 14.5 Å². The van der Waals surface area contributed by atoms with Crippen molar-refractivity contribution in [1.29, 1.82) is 0 Å². The lowest BCUT2D eigenvalue weighted by Gasteiger charge is -2.14. The topological polar surface area (TPSA) is 30.7 Å². The molecule has 7 heteroatoms. The first-order valence-corrected chi connectivity index (χ1v) is 10.3. The van der Waals surface area contributed by atoms with Gasteiger partial charge in [0.05, 0.1) is 28.0 Å². The second-order valence-corrected chi connectivity index (χ2v) is 7.94. The molecule has 31 heavy (non-hydrogen) atoms. The number of imidazole rings is 1. The molecule has 0 atom stereocenters. The fourth-order valence-electron chi connectivity index (χ4n) is 3.73. The Morgan fingerprint density at radius 2 is 1.77 bits per heavy atom. The smallest absolute Gasteiger partial charge is 0.331 e. The van der Waals surface area contributed by atoms with Crippen molar-refractivity contribution in [2.75, 3.05) is 0 Å². The molecule has 2 heterocycles. The van der Waals surface area contributed by atoms with Crippen LogP contribution in [-0.4, -0.2) is 14.5 Å². The molecule has 0 radical (unpaired) electrons. The van der Waals surface area contributed by atoms with Gasteiger partial charge >= 0.3 is 6.18 Å². The highest BCUT2D eigenvalue weighted by atomic mass is 35.5. The molecular formula is C24H21ClF3N3. The van der Waals surface area contributed by atoms with Crippen LogP contribution in [0.4, 0.5) is 13.2 Å². The van der Waals surface area contributed by atoms with Gasteiger partial charge in [0.2, 0.25) is 0 Å². The highest BCUT2D eigenvalue weighted by Gasteiger charge is 2.30. The van der Waals surface area contributed by atoms with Gasteiger partial charge in [-0.25, -0.2) is 4.98 Å². The molecule has 0 fully saturated rings. The molecule has 0 spiro atoms. The van der Waals surface area contributed by atoms with E-state index in [2.05, 4.69) is 4.98 Å². The van der Waals surface area contributed by atoms with Crippen LogP contribution in [0.25, 0.3) is 22.2 Å². The highest BCUT2D eigenvalue weighted by molar-refractivity contribution is 6.36. The maximum absolute atomic E-state index is 12.9. The summed E-state index contributed by atoms with van der Waals surface area (Å²) in [5.41, 5.74) is 4.52. The number of hydrogen-bond donors (Lipinski definition) is 0. The van der Waals surface area contributed by atoms with Crippen molar-refractivity contribution in [3.63, 3.8) is 0 Å². The van der Waals surface area contributed by atoms with Crippen LogP contribution in [0.3, 0.4) is 0 Å². The fraction of sp³-hybridized carbons (Fsp3) is 0.250. The molecule has 4 rings (SSSR count). The van der Waals surface area contributed by atoms with Crippen LogP contribution in [-0.2, 0) is 26.1 Å². The van der Waals surface area contributed by atoms with Crippen molar-refractivity contribution < 1.29 is 13.2 Å². The second-order valence-electron chi connectivity index (χ2n) is 7.56. The highest BCUT2D eigenvalue weighted by Crippen LogP contribution is 2.34. The van der Waals surface area contributed by atoms with Crippen LogP contribution in [0.1, 0.15) is 35.1 Å². The van der Waals surface area contributed by atoms with Gasteiger partial charge in [0.25, 0.3) is 0 Å². The van der Waals surface area contributed by atoms with E-state index in [1.807, 2.05) is 49.9 Å². The summed E-state index contributed by atoms with van der Waals surface area (Å²) in [7, 11) is 1.96. The van der Waals surface area contributed by atoms with E-state index in [-0.39, 0.29) is 0 Å². The van der Waals surface area contributed by atoms with Crippen molar-refractivity contribution in [2.45, 2.75) is 32.9 Å². The van der Waals surface area contributed by atoms with Gasteiger partial charge in [-0.2, -0.15) is 13.2 Å². The minimum absolute atomic E-state index is 0.415. The van der Waals surface area contributed by atoms with Crippen molar-refractivity contribution in [3.05, 3.63) is 81.9 Å². The number of aromatic nitrogens is 3. The summed E-state index contributed by atoms with van der Waals surface area (Å²) in [4.78, 5) is 9.14. The van der Waals surface area contributed by atoms with Gasteiger partial charge in [-0.15, -0.1) is 0 Å². The first-order valence-electron chi connectivity index (χ1n) is 9.95. The molecule has 0 amide bonds. The summed E-state index contributed by atoms with van der Waals surface area (Å²) in [5.74, 6) is 0.906. The molecule has 2 aromatic heterocycles. The molecule has 3 nitrogen and oxygen atoms in total. The molecule has 0 saturated carbocycles. The molecule has 0 saturated heterocycles. The number of benzene rings is 2. The van der Waals surface area contributed by atoms with Crippen molar-refractivity contribution in [2.24, 2.45) is 7.05 Å². The molecule has 0 aliphatic rings. The minimum atomic E-state index is -4.35. The number of hydrogen-bond acceptors (Lipinski definition) is 2. The van der Waals surface area contributed by atoms with Gasteiger partial charge in [0.15, 0.2) is 0 Å². The number of halogens is 4. The number of pyridine rings is 1. The third kappa shape index (κ3) is 4.04. The zero-order chi connectivity index (χ0) is 22.3. The monoisotopic (exact) mass is 443 g/mol. The zero-order valence-corrected chi connectivity index (χ0v) is 18.1. The summed E-state index contributed by atoms with van der Waals surface area (Å²) < 4.78 is 40.6. The van der Waals surface area contributed by atoms with Crippen LogP contribution in [0.5, 0.6) is 0 Å². The Morgan fingerprint density at radius 3 is 2.35 bits per heavy atom. The molecule has 0 unspecified atom stereocenters. The lowest BCUT2D eigenvalue weighted by atomic mass is 9.98. The van der Waals surface area contributed by atoms with E-state index >= 15 is 0 Å². The van der Waals surface area contributed by atoms with Crippen LogP contribution < -0.4 is 0 Å². The van der Waals surface area contributed by atoms with Crippen LogP contribution in [0.2, 0.25) is 5.02 Å². The van der Waals surface area contributed by atoms with Crippen molar-refractivity contribution >= 4 is 22.5 Å². The third-order valence-corrected chi connectivity index (χ3v) is 6.05. The Bertz CT molecular complexity index is 1260. The van der Waals surface area contributed by atoms with Gasteiger partial charge in [0.1, 0.15) is 5.82 Å². The van der Waals surface area contributed by atoms with Gasteiger partial charge < -0.3 is 4.57 Å². The van der Waals surface area contributed by atoms with E-state index in [9.17, 15) is 13.2 Å².